The van der Waals surface area contributed by atoms with Gasteiger partial charge in [-0.1, -0.05) is 6.07 Å². The Balaban J connectivity index is 1.79. The van der Waals surface area contributed by atoms with E-state index in [-0.39, 0.29) is 11.6 Å². The molecule has 3 rings (SSSR count). The maximum absolute atomic E-state index is 13.8. The summed E-state index contributed by atoms with van der Waals surface area (Å²) >= 11 is 0. The second kappa shape index (κ2) is 5.52. The molecular weight excluding hydrogens is 274 g/mol. The monoisotopic (exact) mass is 292 g/mol. The van der Waals surface area contributed by atoms with E-state index in [1.165, 1.54) is 18.2 Å². The van der Waals surface area contributed by atoms with Crippen molar-refractivity contribution in [2.24, 2.45) is 0 Å². The molecule has 6 heteroatoms. The van der Waals surface area contributed by atoms with Crippen molar-refractivity contribution in [1.29, 1.82) is 0 Å². The number of nitrogens with one attached hydrogen (secondary N) is 1. The van der Waals surface area contributed by atoms with E-state index in [4.69, 9.17) is 0 Å². The van der Waals surface area contributed by atoms with E-state index in [1.54, 1.807) is 6.92 Å². The molecular formula is C15H18F2N4. The van der Waals surface area contributed by atoms with E-state index in [0.29, 0.717) is 0 Å². The van der Waals surface area contributed by atoms with Crippen molar-refractivity contribution in [2.45, 2.75) is 45.3 Å². The van der Waals surface area contributed by atoms with Crippen molar-refractivity contribution in [3.05, 3.63) is 47.0 Å². The molecule has 2 unspecified atom stereocenters. The normalized spacial score (nSPS) is 16.8. The van der Waals surface area contributed by atoms with Gasteiger partial charge < -0.3 is 9.88 Å². The lowest BCUT2D eigenvalue weighted by atomic mass is 10.1. The average Bonchev–Trinajstić information content (AvgIpc) is 3.00. The standard InChI is InChI=1S/C15H18F2N4/c1-9(14-11(16)5-3-6-12(14)17)18-10(2)15-20-19-13-7-4-8-21(13)15/h3,5-6,9-10,18H,4,7-8H2,1-2H3. The van der Waals surface area contributed by atoms with Gasteiger partial charge in [0.1, 0.15) is 23.3 Å². The number of rotatable bonds is 4. The van der Waals surface area contributed by atoms with Gasteiger partial charge in [-0.25, -0.2) is 8.78 Å². The number of fused-ring (bicyclic) bond motifs is 1. The Morgan fingerprint density at radius 2 is 1.86 bits per heavy atom. The van der Waals surface area contributed by atoms with Crippen LogP contribution in [0.25, 0.3) is 0 Å². The Morgan fingerprint density at radius 3 is 2.57 bits per heavy atom. The molecule has 0 fully saturated rings. The van der Waals surface area contributed by atoms with Gasteiger partial charge >= 0.3 is 0 Å². The molecule has 0 radical (unpaired) electrons. The highest BCUT2D eigenvalue weighted by molar-refractivity contribution is 5.23. The van der Waals surface area contributed by atoms with Gasteiger partial charge in [0.15, 0.2) is 0 Å². The number of hydrogen-bond acceptors (Lipinski definition) is 3. The summed E-state index contributed by atoms with van der Waals surface area (Å²) in [5.74, 6) is 0.747. The molecule has 0 saturated heterocycles. The van der Waals surface area contributed by atoms with Crippen LogP contribution in [0.3, 0.4) is 0 Å². The zero-order chi connectivity index (χ0) is 15.0. The number of aromatic nitrogens is 3. The van der Waals surface area contributed by atoms with Gasteiger partial charge in [0.05, 0.1) is 6.04 Å². The Morgan fingerprint density at radius 1 is 1.14 bits per heavy atom. The lowest BCUT2D eigenvalue weighted by Gasteiger charge is -2.21. The number of aryl methyl sites for hydroxylation is 1. The summed E-state index contributed by atoms with van der Waals surface area (Å²) in [6.45, 7) is 4.59. The van der Waals surface area contributed by atoms with Crippen molar-refractivity contribution in [3.63, 3.8) is 0 Å². The van der Waals surface area contributed by atoms with E-state index in [0.717, 1.165) is 31.0 Å². The van der Waals surface area contributed by atoms with E-state index in [1.807, 2.05) is 6.92 Å². The second-order valence-electron chi connectivity index (χ2n) is 5.47. The number of nitrogens with zero attached hydrogens (tertiary/aromatic N) is 3. The van der Waals surface area contributed by atoms with E-state index >= 15 is 0 Å². The molecule has 2 aromatic rings. The molecule has 0 amide bonds. The third-order valence-corrected chi connectivity index (χ3v) is 3.96. The Kier molecular flexibility index (Phi) is 3.71. The van der Waals surface area contributed by atoms with Gasteiger partial charge in [0.25, 0.3) is 0 Å². The highest BCUT2D eigenvalue weighted by Gasteiger charge is 2.24. The minimum absolute atomic E-state index is 0.0607. The van der Waals surface area contributed by atoms with Crippen LogP contribution in [-0.2, 0) is 13.0 Å². The molecule has 21 heavy (non-hydrogen) atoms. The first kappa shape index (κ1) is 14.1. The van der Waals surface area contributed by atoms with Crippen molar-refractivity contribution < 1.29 is 8.78 Å². The van der Waals surface area contributed by atoms with Gasteiger partial charge in [-0.05, 0) is 32.4 Å². The van der Waals surface area contributed by atoms with Crippen LogP contribution in [-0.4, -0.2) is 14.8 Å². The van der Waals surface area contributed by atoms with Crippen molar-refractivity contribution >= 4 is 0 Å². The molecule has 0 spiro atoms. The van der Waals surface area contributed by atoms with Crippen LogP contribution in [0.15, 0.2) is 18.2 Å². The molecule has 0 aliphatic carbocycles. The van der Waals surface area contributed by atoms with Gasteiger partial charge in [0, 0.05) is 24.6 Å². The summed E-state index contributed by atoms with van der Waals surface area (Å²) in [6.07, 6.45) is 2.01. The molecule has 2 atom stereocenters. The summed E-state index contributed by atoms with van der Waals surface area (Å²) in [5, 5.41) is 11.6. The zero-order valence-corrected chi connectivity index (χ0v) is 12.1. The van der Waals surface area contributed by atoms with Crippen LogP contribution < -0.4 is 5.32 Å². The Bertz CT molecular complexity index is 633. The predicted molar refractivity (Wildman–Crippen MR) is 74.7 cm³/mol. The minimum atomic E-state index is -0.534. The largest absolute Gasteiger partial charge is 0.314 e. The van der Waals surface area contributed by atoms with Crippen LogP contribution >= 0.6 is 0 Å². The van der Waals surface area contributed by atoms with Crippen LogP contribution in [0, 0.1) is 11.6 Å². The summed E-state index contributed by atoms with van der Waals surface area (Å²) in [4.78, 5) is 0. The van der Waals surface area contributed by atoms with Crippen molar-refractivity contribution in [3.8, 4) is 0 Å². The van der Waals surface area contributed by atoms with E-state index < -0.39 is 17.7 Å². The number of benzene rings is 1. The maximum atomic E-state index is 13.8. The summed E-state index contributed by atoms with van der Waals surface area (Å²) in [7, 11) is 0. The van der Waals surface area contributed by atoms with E-state index in [9.17, 15) is 8.78 Å². The first-order valence-electron chi connectivity index (χ1n) is 7.20. The SMILES string of the molecule is CC(NC(C)c1nnc2n1CCC2)c1c(F)cccc1F. The molecule has 2 heterocycles. The van der Waals surface area contributed by atoms with Crippen LogP contribution in [0.2, 0.25) is 0 Å². The molecule has 1 aromatic carbocycles. The fourth-order valence-electron chi connectivity index (χ4n) is 2.95. The van der Waals surface area contributed by atoms with Crippen LogP contribution in [0.5, 0.6) is 0 Å². The molecule has 4 nitrogen and oxygen atoms in total. The fraction of sp³-hybridized carbons (Fsp3) is 0.467. The minimum Gasteiger partial charge on any atom is -0.314 e. The van der Waals surface area contributed by atoms with Crippen LogP contribution in [0.1, 0.15) is 49.6 Å². The second-order valence-corrected chi connectivity index (χ2v) is 5.47. The zero-order valence-electron chi connectivity index (χ0n) is 12.1. The van der Waals surface area contributed by atoms with Gasteiger partial charge in [-0.2, -0.15) is 0 Å². The first-order chi connectivity index (χ1) is 10.1. The number of halogens is 2. The lowest BCUT2D eigenvalue weighted by molar-refractivity contribution is 0.429. The summed E-state index contributed by atoms with van der Waals surface area (Å²) in [5.41, 5.74) is 0.0607. The molecule has 112 valence electrons. The highest BCUT2D eigenvalue weighted by atomic mass is 19.1. The molecule has 1 N–H and O–H groups in total. The smallest absolute Gasteiger partial charge is 0.149 e. The Hall–Kier alpha value is -1.82. The van der Waals surface area contributed by atoms with Gasteiger partial charge in [-0.15, -0.1) is 10.2 Å². The molecule has 0 bridgehead atoms. The predicted octanol–water partition coefficient (Wildman–Crippen LogP) is 2.91. The molecule has 0 saturated carbocycles. The van der Waals surface area contributed by atoms with Gasteiger partial charge in [0.2, 0.25) is 0 Å². The summed E-state index contributed by atoms with van der Waals surface area (Å²) < 4.78 is 29.7. The molecule has 1 aromatic heterocycles. The van der Waals surface area contributed by atoms with Crippen molar-refractivity contribution in [1.82, 2.24) is 20.1 Å². The third-order valence-electron chi connectivity index (χ3n) is 3.96. The maximum Gasteiger partial charge on any atom is 0.149 e. The average molecular weight is 292 g/mol. The first-order valence-corrected chi connectivity index (χ1v) is 7.20. The molecule has 1 aliphatic heterocycles. The Labute approximate surface area is 122 Å². The fourth-order valence-corrected chi connectivity index (χ4v) is 2.95. The van der Waals surface area contributed by atoms with Crippen molar-refractivity contribution in [2.75, 3.05) is 0 Å². The topological polar surface area (TPSA) is 42.7 Å². The third kappa shape index (κ3) is 2.55. The number of hydrogen-bond donors (Lipinski definition) is 1. The highest BCUT2D eigenvalue weighted by Crippen LogP contribution is 2.25. The quantitative estimate of drug-likeness (QED) is 0.942. The summed E-state index contributed by atoms with van der Waals surface area (Å²) in [6, 6.07) is 3.34. The molecule has 1 aliphatic rings. The van der Waals surface area contributed by atoms with Crippen LogP contribution in [0.4, 0.5) is 8.78 Å². The van der Waals surface area contributed by atoms with Gasteiger partial charge in [-0.3, -0.25) is 0 Å². The van der Waals surface area contributed by atoms with E-state index in [2.05, 4.69) is 20.1 Å². The lowest BCUT2D eigenvalue weighted by Crippen LogP contribution is -2.26.